The van der Waals surface area contributed by atoms with Gasteiger partial charge in [0.2, 0.25) is 0 Å². The molecule has 0 unspecified atom stereocenters. The maximum atomic E-state index is 9.24. The molecule has 0 radical (unpaired) electrons. The topological polar surface area (TPSA) is 58.9 Å². The van der Waals surface area contributed by atoms with Gasteiger partial charge in [-0.1, -0.05) is 0 Å². The summed E-state index contributed by atoms with van der Waals surface area (Å²) >= 11 is 0. The van der Waals surface area contributed by atoms with Crippen molar-refractivity contribution in [2.45, 2.75) is 37.9 Å². The molecule has 0 aromatic heterocycles. The van der Waals surface area contributed by atoms with Gasteiger partial charge < -0.3 is 19.7 Å². The third-order valence-corrected chi connectivity index (χ3v) is 1.94. The first-order valence-electron chi connectivity index (χ1n) is 3.69. The fourth-order valence-corrected chi connectivity index (χ4v) is 1.18. The van der Waals surface area contributed by atoms with Gasteiger partial charge in [0.15, 0.2) is 6.29 Å². The molecule has 0 saturated carbocycles. The highest BCUT2D eigenvalue weighted by atomic mass is 16.7. The smallest absolute Gasteiger partial charge is 0.160 e. The van der Waals surface area contributed by atoms with E-state index >= 15 is 0 Å². The van der Waals surface area contributed by atoms with Crippen LogP contribution in [0.5, 0.6) is 0 Å². The lowest BCUT2D eigenvalue weighted by atomic mass is 10.0. The Morgan fingerprint density at radius 1 is 1.45 bits per heavy atom. The molecule has 0 aromatic rings. The Balaban J connectivity index is 2.47. The van der Waals surface area contributed by atoms with Gasteiger partial charge in [0.25, 0.3) is 0 Å². The summed E-state index contributed by atoms with van der Waals surface area (Å²) in [7, 11) is 1.52. The summed E-state index contributed by atoms with van der Waals surface area (Å²) in [4.78, 5) is 0. The van der Waals surface area contributed by atoms with Crippen molar-refractivity contribution in [1.29, 1.82) is 0 Å². The van der Waals surface area contributed by atoms with Crippen LogP contribution >= 0.6 is 0 Å². The van der Waals surface area contributed by atoms with Crippen LogP contribution in [-0.2, 0) is 9.47 Å². The zero-order valence-corrected chi connectivity index (χ0v) is 6.73. The van der Waals surface area contributed by atoms with E-state index in [1.165, 1.54) is 7.11 Å². The quantitative estimate of drug-likeness (QED) is 0.545. The third kappa shape index (κ3) is 1.90. The lowest BCUT2D eigenvalue weighted by molar-refractivity contribution is -0.237. The summed E-state index contributed by atoms with van der Waals surface area (Å²) in [5, 5.41) is 18.5. The van der Waals surface area contributed by atoms with Crippen LogP contribution in [-0.4, -0.2) is 41.9 Å². The van der Waals surface area contributed by atoms with Crippen LogP contribution in [0, 0.1) is 0 Å². The maximum absolute atomic E-state index is 9.24. The van der Waals surface area contributed by atoms with Crippen LogP contribution in [0.1, 0.15) is 13.3 Å². The minimum absolute atomic E-state index is 0.335. The Bertz CT molecular complexity index is 116. The number of hydrogen-bond acceptors (Lipinski definition) is 4. The first kappa shape index (κ1) is 8.93. The lowest BCUT2D eigenvalue weighted by Gasteiger charge is -2.34. The Morgan fingerprint density at radius 3 is 2.55 bits per heavy atom. The molecule has 4 heteroatoms. The second-order valence-electron chi connectivity index (χ2n) is 2.80. The predicted molar refractivity (Wildman–Crippen MR) is 38.0 cm³/mol. The van der Waals surface area contributed by atoms with E-state index in [0.717, 1.165) is 0 Å². The largest absolute Gasteiger partial charge is 0.390 e. The van der Waals surface area contributed by atoms with Gasteiger partial charge in [-0.3, -0.25) is 0 Å². The van der Waals surface area contributed by atoms with Gasteiger partial charge in [-0.25, -0.2) is 0 Å². The third-order valence-electron chi connectivity index (χ3n) is 1.94. The number of methoxy groups -OCH3 is 1. The molecule has 0 amide bonds. The van der Waals surface area contributed by atoms with Crippen molar-refractivity contribution in [2.75, 3.05) is 7.11 Å². The lowest BCUT2D eigenvalue weighted by Crippen LogP contribution is -2.47. The first-order valence-corrected chi connectivity index (χ1v) is 3.69. The molecule has 1 rings (SSSR count). The van der Waals surface area contributed by atoms with Crippen LogP contribution < -0.4 is 0 Å². The molecule has 4 atom stereocenters. The van der Waals surface area contributed by atoms with Crippen LogP contribution in [0.2, 0.25) is 0 Å². The molecule has 1 saturated heterocycles. The number of hydrogen-bond donors (Lipinski definition) is 2. The van der Waals surface area contributed by atoms with Gasteiger partial charge in [0.1, 0.15) is 6.10 Å². The number of ether oxygens (including phenoxy) is 2. The van der Waals surface area contributed by atoms with Crippen molar-refractivity contribution >= 4 is 0 Å². The van der Waals surface area contributed by atoms with Gasteiger partial charge in [-0.15, -0.1) is 0 Å². The van der Waals surface area contributed by atoms with Crippen molar-refractivity contribution < 1.29 is 19.7 Å². The van der Waals surface area contributed by atoms with E-state index in [0.29, 0.717) is 6.42 Å². The first-order chi connectivity index (χ1) is 5.15. The minimum atomic E-state index is -0.790. The fourth-order valence-electron chi connectivity index (χ4n) is 1.18. The van der Waals surface area contributed by atoms with Gasteiger partial charge in [0.05, 0.1) is 12.2 Å². The standard InChI is InChI=1S/C7H14O4/c1-4-7(9)5(8)3-6(10-2)11-4/h4-9H,3H2,1-2H3/t4-,5-,6+,7-/m1/s1. The molecule has 11 heavy (non-hydrogen) atoms. The van der Waals surface area contributed by atoms with Gasteiger partial charge >= 0.3 is 0 Å². The Labute approximate surface area is 65.7 Å². The number of aliphatic hydroxyl groups is 2. The van der Waals surface area contributed by atoms with E-state index in [9.17, 15) is 10.2 Å². The Morgan fingerprint density at radius 2 is 2.09 bits per heavy atom. The second kappa shape index (κ2) is 3.49. The van der Waals surface area contributed by atoms with Crippen molar-refractivity contribution in [3.05, 3.63) is 0 Å². The number of aliphatic hydroxyl groups excluding tert-OH is 2. The van der Waals surface area contributed by atoms with Crippen molar-refractivity contribution in [3.8, 4) is 0 Å². The second-order valence-corrected chi connectivity index (χ2v) is 2.80. The fraction of sp³-hybridized carbons (Fsp3) is 1.00. The van der Waals surface area contributed by atoms with Crippen LogP contribution in [0.15, 0.2) is 0 Å². The average Bonchev–Trinajstić information content (AvgIpc) is 1.99. The molecule has 1 aliphatic heterocycles. The summed E-state index contributed by atoms with van der Waals surface area (Å²) in [6.45, 7) is 1.71. The van der Waals surface area contributed by atoms with E-state index in [4.69, 9.17) is 9.47 Å². The molecule has 66 valence electrons. The molecular weight excluding hydrogens is 148 g/mol. The minimum Gasteiger partial charge on any atom is -0.390 e. The zero-order valence-electron chi connectivity index (χ0n) is 6.73. The van der Waals surface area contributed by atoms with Crippen LogP contribution in [0.4, 0.5) is 0 Å². The van der Waals surface area contributed by atoms with Crippen LogP contribution in [0.3, 0.4) is 0 Å². The van der Waals surface area contributed by atoms with Gasteiger partial charge in [-0.05, 0) is 6.92 Å². The SMILES string of the molecule is CO[C@@H]1C[C@@H](O)[C@H](O)[C@@H](C)O1. The van der Waals surface area contributed by atoms with Crippen molar-refractivity contribution in [3.63, 3.8) is 0 Å². The summed E-state index contributed by atoms with van der Waals surface area (Å²) < 4.78 is 10.1. The van der Waals surface area contributed by atoms with Gasteiger partial charge in [0, 0.05) is 13.5 Å². The maximum Gasteiger partial charge on any atom is 0.160 e. The van der Waals surface area contributed by atoms with E-state index in [1.54, 1.807) is 6.92 Å². The van der Waals surface area contributed by atoms with E-state index in [2.05, 4.69) is 0 Å². The van der Waals surface area contributed by atoms with Crippen molar-refractivity contribution in [1.82, 2.24) is 0 Å². The Kier molecular flexibility index (Phi) is 2.84. The molecule has 2 N–H and O–H groups in total. The molecule has 4 nitrogen and oxygen atoms in total. The van der Waals surface area contributed by atoms with E-state index in [1.807, 2.05) is 0 Å². The number of rotatable bonds is 1. The summed E-state index contributed by atoms with van der Waals surface area (Å²) in [6.07, 6.45) is -1.93. The predicted octanol–water partition coefficient (Wildman–Crippen LogP) is -0.510. The molecule has 1 aliphatic rings. The van der Waals surface area contributed by atoms with E-state index < -0.39 is 12.2 Å². The summed E-state index contributed by atoms with van der Waals surface area (Å²) in [5.74, 6) is 0. The highest BCUT2D eigenvalue weighted by molar-refractivity contribution is 4.79. The Hall–Kier alpha value is -0.160. The molecule has 1 heterocycles. The highest BCUT2D eigenvalue weighted by Gasteiger charge is 2.33. The molecule has 0 aromatic carbocycles. The van der Waals surface area contributed by atoms with Crippen LogP contribution in [0.25, 0.3) is 0 Å². The highest BCUT2D eigenvalue weighted by Crippen LogP contribution is 2.19. The van der Waals surface area contributed by atoms with Crippen molar-refractivity contribution in [2.24, 2.45) is 0 Å². The molecule has 0 bridgehead atoms. The molecule has 1 fully saturated rings. The zero-order chi connectivity index (χ0) is 8.43. The summed E-state index contributed by atoms with van der Waals surface area (Å²) in [6, 6.07) is 0. The molecule has 0 spiro atoms. The normalized spacial score (nSPS) is 45.8. The summed E-state index contributed by atoms with van der Waals surface area (Å²) in [5.41, 5.74) is 0. The molecule has 0 aliphatic carbocycles. The van der Waals surface area contributed by atoms with Gasteiger partial charge in [-0.2, -0.15) is 0 Å². The average molecular weight is 162 g/mol. The monoisotopic (exact) mass is 162 g/mol. The molecular formula is C7H14O4. The van der Waals surface area contributed by atoms with E-state index in [-0.39, 0.29) is 12.4 Å².